The Labute approximate surface area is 192 Å². The highest BCUT2D eigenvalue weighted by Gasteiger charge is 2.11. The summed E-state index contributed by atoms with van der Waals surface area (Å²) in [6, 6.07) is 13.8. The van der Waals surface area contributed by atoms with E-state index >= 15 is 0 Å². The average molecular weight is 456 g/mol. The molecule has 2 aromatic rings. The molecule has 0 saturated carbocycles. The smallest absolute Gasteiger partial charge is 0.329 e. The van der Waals surface area contributed by atoms with Crippen molar-refractivity contribution in [1.29, 1.82) is 0 Å². The third kappa shape index (κ3) is 9.83. The van der Waals surface area contributed by atoms with E-state index in [1.807, 2.05) is 6.92 Å². The highest BCUT2D eigenvalue weighted by atomic mass is 16.5. The van der Waals surface area contributed by atoms with Gasteiger partial charge in [-0.3, -0.25) is 14.4 Å². The maximum atomic E-state index is 12.1. The zero-order chi connectivity index (χ0) is 23.9. The predicted octanol–water partition coefficient (Wildman–Crippen LogP) is 1.71. The highest BCUT2D eigenvalue weighted by Crippen LogP contribution is 2.16. The summed E-state index contributed by atoms with van der Waals surface area (Å²) >= 11 is 0. The molecule has 0 saturated heterocycles. The van der Waals surface area contributed by atoms with Crippen LogP contribution in [0.15, 0.2) is 53.6 Å². The lowest BCUT2D eigenvalue weighted by Crippen LogP contribution is -2.38. The van der Waals surface area contributed by atoms with Gasteiger partial charge >= 0.3 is 11.8 Å². The Bertz CT molecular complexity index is 946. The molecular formula is C23H28N4O6. The van der Waals surface area contributed by atoms with E-state index < -0.39 is 11.8 Å². The largest absolute Gasteiger partial charge is 0.494 e. The van der Waals surface area contributed by atoms with Crippen LogP contribution in [0, 0.1) is 0 Å². The molecular weight excluding hydrogens is 428 g/mol. The molecule has 0 bridgehead atoms. The summed E-state index contributed by atoms with van der Waals surface area (Å²) in [6.45, 7) is 3.10. The second-order valence-electron chi connectivity index (χ2n) is 6.67. The van der Waals surface area contributed by atoms with E-state index in [0.717, 1.165) is 5.75 Å². The van der Waals surface area contributed by atoms with Crippen molar-refractivity contribution in [3.63, 3.8) is 0 Å². The number of nitrogens with one attached hydrogen (secondary N) is 3. The lowest BCUT2D eigenvalue weighted by Gasteiger charge is -2.09. The molecule has 0 aliphatic rings. The van der Waals surface area contributed by atoms with E-state index in [9.17, 15) is 14.4 Å². The highest BCUT2D eigenvalue weighted by molar-refractivity contribution is 6.35. The van der Waals surface area contributed by atoms with Crippen LogP contribution in [-0.4, -0.2) is 57.4 Å². The molecule has 0 aliphatic carbocycles. The first-order chi connectivity index (χ1) is 16.0. The van der Waals surface area contributed by atoms with Gasteiger partial charge in [0.1, 0.15) is 11.5 Å². The van der Waals surface area contributed by atoms with Crippen LogP contribution in [0.5, 0.6) is 11.5 Å². The van der Waals surface area contributed by atoms with E-state index in [0.29, 0.717) is 43.2 Å². The van der Waals surface area contributed by atoms with Crippen LogP contribution in [-0.2, 0) is 19.1 Å². The molecule has 10 nitrogen and oxygen atoms in total. The Morgan fingerprint density at radius 2 is 1.79 bits per heavy atom. The summed E-state index contributed by atoms with van der Waals surface area (Å²) in [5.41, 5.74) is 3.40. The normalized spacial score (nSPS) is 10.5. The summed E-state index contributed by atoms with van der Waals surface area (Å²) in [5, 5.41) is 8.96. The number of methoxy groups -OCH3 is 1. The van der Waals surface area contributed by atoms with Gasteiger partial charge in [0, 0.05) is 25.9 Å². The van der Waals surface area contributed by atoms with E-state index in [1.165, 1.54) is 6.21 Å². The number of nitrogens with zero attached hydrogens (tertiary/aromatic N) is 1. The molecule has 3 N–H and O–H groups in total. The fourth-order valence-electron chi connectivity index (χ4n) is 2.55. The molecule has 0 aliphatic heterocycles. The molecule has 2 rings (SSSR count). The van der Waals surface area contributed by atoms with Crippen LogP contribution >= 0.6 is 0 Å². The Balaban J connectivity index is 1.77. The number of rotatable bonds is 12. The van der Waals surface area contributed by atoms with Crippen molar-refractivity contribution in [2.24, 2.45) is 5.10 Å². The Morgan fingerprint density at radius 3 is 2.52 bits per heavy atom. The van der Waals surface area contributed by atoms with Crippen molar-refractivity contribution in [3.8, 4) is 11.5 Å². The van der Waals surface area contributed by atoms with Gasteiger partial charge in [-0.05, 0) is 55.3 Å². The summed E-state index contributed by atoms with van der Waals surface area (Å²) in [6.07, 6.45) is 1.97. The standard InChI is InChI=1S/C23H28N4O6/c1-3-32-19-10-8-18(9-11-19)26-21(28)16-33-20-7-4-6-17(14-20)15-25-27-23(30)22(29)24-12-5-13-31-2/h4,6-11,14-15H,3,5,12-13,16H2,1-2H3,(H,24,29)(H,26,28)(H,27,30)/b25-15-. The molecule has 2 aromatic carbocycles. The van der Waals surface area contributed by atoms with Gasteiger partial charge in [-0.2, -0.15) is 5.10 Å². The minimum absolute atomic E-state index is 0.187. The first-order valence-electron chi connectivity index (χ1n) is 10.4. The number of benzene rings is 2. The molecule has 0 unspecified atom stereocenters. The molecule has 0 heterocycles. The Kier molecular flexibility index (Phi) is 10.9. The van der Waals surface area contributed by atoms with Crippen LogP contribution in [0.4, 0.5) is 5.69 Å². The van der Waals surface area contributed by atoms with Gasteiger partial charge in [-0.1, -0.05) is 12.1 Å². The molecule has 0 spiro atoms. The van der Waals surface area contributed by atoms with E-state index in [1.54, 1.807) is 55.6 Å². The fraction of sp³-hybridized carbons (Fsp3) is 0.304. The summed E-state index contributed by atoms with van der Waals surface area (Å²) in [4.78, 5) is 35.4. The van der Waals surface area contributed by atoms with Crippen molar-refractivity contribution in [3.05, 3.63) is 54.1 Å². The second kappa shape index (κ2) is 14.2. The lowest BCUT2D eigenvalue weighted by molar-refractivity contribution is -0.139. The topological polar surface area (TPSA) is 127 Å². The van der Waals surface area contributed by atoms with Crippen LogP contribution in [0.3, 0.4) is 0 Å². The van der Waals surface area contributed by atoms with Gasteiger partial charge in [0.2, 0.25) is 0 Å². The molecule has 0 fully saturated rings. The zero-order valence-electron chi connectivity index (χ0n) is 18.6. The van der Waals surface area contributed by atoms with Crippen molar-refractivity contribution < 1.29 is 28.6 Å². The minimum Gasteiger partial charge on any atom is -0.494 e. The number of hydrogen-bond donors (Lipinski definition) is 3. The molecule has 0 aromatic heterocycles. The molecule has 0 radical (unpaired) electrons. The Hall–Kier alpha value is -3.92. The molecule has 0 atom stereocenters. The predicted molar refractivity (Wildman–Crippen MR) is 123 cm³/mol. The number of anilines is 1. The first-order valence-corrected chi connectivity index (χ1v) is 10.4. The number of hydrogen-bond acceptors (Lipinski definition) is 7. The number of ether oxygens (including phenoxy) is 3. The first kappa shape index (κ1) is 25.3. The summed E-state index contributed by atoms with van der Waals surface area (Å²) in [7, 11) is 1.56. The molecule has 3 amide bonds. The number of amides is 3. The van der Waals surface area contributed by atoms with Gasteiger partial charge in [0.25, 0.3) is 5.91 Å². The maximum Gasteiger partial charge on any atom is 0.329 e. The zero-order valence-corrected chi connectivity index (χ0v) is 18.6. The second-order valence-corrected chi connectivity index (χ2v) is 6.67. The number of carbonyl (C=O) groups excluding carboxylic acids is 3. The van der Waals surface area contributed by atoms with Gasteiger partial charge in [-0.25, -0.2) is 5.43 Å². The van der Waals surface area contributed by atoms with E-state index in [4.69, 9.17) is 14.2 Å². The van der Waals surface area contributed by atoms with Gasteiger partial charge < -0.3 is 24.8 Å². The lowest BCUT2D eigenvalue weighted by atomic mass is 10.2. The third-order valence-corrected chi connectivity index (χ3v) is 4.07. The van der Waals surface area contributed by atoms with Crippen molar-refractivity contribution in [1.82, 2.24) is 10.7 Å². The average Bonchev–Trinajstić information content (AvgIpc) is 2.82. The summed E-state index contributed by atoms with van der Waals surface area (Å²) in [5.74, 6) is -0.796. The van der Waals surface area contributed by atoms with E-state index in [-0.39, 0.29) is 12.5 Å². The third-order valence-electron chi connectivity index (χ3n) is 4.07. The van der Waals surface area contributed by atoms with Gasteiger partial charge in [0.05, 0.1) is 12.8 Å². The van der Waals surface area contributed by atoms with Crippen LogP contribution in [0.25, 0.3) is 0 Å². The van der Waals surface area contributed by atoms with Crippen molar-refractivity contribution in [2.75, 3.05) is 38.8 Å². The summed E-state index contributed by atoms with van der Waals surface area (Å²) < 4.78 is 15.7. The van der Waals surface area contributed by atoms with Gasteiger partial charge in [-0.15, -0.1) is 0 Å². The van der Waals surface area contributed by atoms with Crippen LogP contribution in [0.1, 0.15) is 18.9 Å². The molecule has 10 heteroatoms. The van der Waals surface area contributed by atoms with Crippen molar-refractivity contribution in [2.45, 2.75) is 13.3 Å². The Morgan fingerprint density at radius 1 is 1.00 bits per heavy atom. The quantitative estimate of drug-likeness (QED) is 0.193. The SMILES string of the molecule is CCOc1ccc(NC(=O)COc2cccc(/C=N\NC(=O)C(=O)NCCCOC)c2)cc1. The molecule has 176 valence electrons. The van der Waals surface area contributed by atoms with Crippen LogP contribution < -0.4 is 25.5 Å². The van der Waals surface area contributed by atoms with E-state index in [2.05, 4.69) is 21.2 Å². The van der Waals surface area contributed by atoms with Crippen molar-refractivity contribution >= 4 is 29.6 Å². The number of carbonyl (C=O) groups is 3. The number of hydrazone groups is 1. The fourth-order valence-corrected chi connectivity index (χ4v) is 2.55. The maximum absolute atomic E-state index is 12.1. The van der Waals surface area contributed by atoms with Crippen LogP contribution in [0.2, 0.25) is 0 Å². The monoisotopic (exact) mass is 456 g/mol. The van der Waals surface area contributed by atoms with Gasteiger partial charge in [0.15, 0.2) is 6.61 Å². The minimum atomic E-state index is -0.873. The molecule has 33 heavy (non-hydrogen) atoms.